The van der Waals surface area contributed by atoms with Crippen LogP contribution in [-0.4, -0.2) is 15.3 Å². The third-order valence-electron chi connectivity index (χ3n) is 3.11. The van der Waals surface area contributed by atoms with Crippen molar-refractivity contribution in [3.8, 4) is 11.1 Å². The van der Waals surface area contributed by atoms with E-state index in [9.17, 15) is 4.79 Å². The number of nitrogens with zero attached hydrogens (tertiary/aromatic N) is 2. The van der Waals surface area contributed by atoms with Crippen LogP contribution in [0.3, 0.4) is 0 Å². The molecule has 2 heterocycles. The van der Waals surface area contributed by atoms with Crippen molar-refractivity contribution in [3.05, 3.63) is 59.5 Å². The molecule has 1 amide bonds. The molecule has 0 aliphatic heterocycles. The van der Waals surface area contributed by atoms with E-state index in [4.69, 9.17) is 17.3 Å². The van der Waals surface area contributed by atoms with Gasteiger partial charge in [0, 0.05) is 40.3 Å². The van der Waals surface area contributed by atoms with Gasteiger partial charge in [-0.05, 0) is 12.1 Å². The number of hydrogen-bond donors (Lipinski definition) is 1. The van der Waals surface area contributed by atoms with E-state index in [1.807, 2.05) is 47.1 Å². The van der Waals surface area contributed by atoms with Crippen molar-refractivity contribution in [2.24, 2.45) is 5.73 Å². The van der Waals surface area contributed by atoms with Gasteiger partial charge in [0.25, 0.3) is 0 Å². The SMILES string of the molecule is NC(=O)Cc1cc(-c2ccccc2Cl)cn2ccnc12. The second-order valence-corrected chi connectivity index (χ2v) is 4.94. The van der Waals surface area contributed by atoms with E-state index in [1.165, 1.54) is 0 Å². The molecular formula is C15H12ClN3O. The average Bonchev–Trinajstić information content (AvgIpc) is 2.87. The van der Waals surface area contributed by atoms with Gasteiger partial charge in [-0.15, -0.1) is 0 Å². The highest BCUT2D eigenvalue weighted by molar-refractivity contribution is 6.33. The van der Waals surface area contributed by atoms with Crippen LogP contribution >= 0.6 is 11.6 Å². The standard InChI is InChI=1S/C15H12ClN3O/c16-13-4-2-1-3-12(13)11-7-10(8-14(17)20)15-18-5-6-19(15)9-11/h1-7,9H,8H2,(H2,17,20). The van der Waals surface area contributed by atoms with Gasteiger partial charge in [0.15, 0.2) is 0 Å². The number of imidazole rings is 1. The molecule has 0 saturated heterocycles. The van der Waals surface area contributed by atoms with Crippen molar-refractivity contribution in [1.29, 1.82) is 0 Å². The second kappa shape index (κ2) is 4.98. The molecule has 3 aromatic rings. The summed E-state index contributed by atoms with van der Waals surface area (Å²) in [6.07, 6.45) is 5.61. The normalized spacial score (nSPS) is 10.8. The van der Waals surface area contributed by atoms with Crippen LogP contribution in [0.2, 0.25) is 5.02 Å². The Kier molecular flexibility index (Phi) is 3.16. The molecule has 5 heteroatoms. The number of pyridine rings is 1. The molecule has 2 N–H and O–H groups in total. The predicted octanol–water partition coefficient (Wildman–Crippen LogP) is 2.68. The van der Waals surface area contributed by atoms with Crippen molar-refractivity contribution in [2.45, 2.75) is 6.42 Å². The highest BCUT2D eigenvalue weighted by Crippen LogP contribution is 2.29. The molecule has 0 unspecified atom stereocenters. The average molecular weight is 286 g/mol. The van der Waals surface area contributed by atoms with E-state index < -0.39 is 0 Å². The minimum Gasteiger partial charge on any atom is -0.369 e. The number of primary amides is 1. The molecule has 100 valence electrons. The van der Waals surface area contributed by atoms with Gasteiger partial charge in [0.2, 0.25) is 5.91 Å². The molecule has 0 fully saturated rings. The van der Waals surface area contributed by atoms with Crippen LogP contribution in [0.1, 0.15) is 5.56 Å². The van der Waals surface area contributed by atoms with E-state index in [1.54, 1.807) is 6.20 Å². The summed E-state index contributed by atoms with van der Waals surface area (Å²) >= 11 is 6.23. The van der Waals surface area contributed by atoms with E-state index in [0.717, 1.165) is 22.3 Å². The number of fused-ring (bicyclic) bond motifs is 1. The van der Waals surface area contributed by atoms with Gasteiger partial charge in [0.05, 0.1) is 6.42 Å². The first-order valence-electron chi connectivity index (χ1n) is 6.14. The van der Waals surface area contributed by atoms with E-state index in [-0.39, 0.29) is 12.3 Å². The quantitative estimate of drug-likeness (QED) is 0.804. The monoisotopic (exact) mass is 285 g/mol. The lowest BCUT2D eigenvalue weighted by Gasteiger charge is -2.09. The highest BCUT2D eigenvalue weighted by atomic mass is 35.5. The Labute approximate surface area is 120 Å². The molecule has 1 aromatic carbocycles. The fourth-order valence-electron chi connectivity index (χ4n) is 2.27. The van der Waals surface area contributed by atoms with Crippen molar-refractivity contribution in [1.82, 2.24) is 9.38 Å². The summed E-state index contributed by atoms with van der Waals surface area (Å²) in [6, 6.07) is 9.49. The molecular weight excluding hydrogens is 274 g/mol. The van der Waals surface area contributed by atoms with Crippen LogP contribution in [0.5, 0.6) is 0 Å². The number of aromatic nitrogens is 2. The first kappa shape index (κ1) is 12.7. The molecule has 0 saturated carbocycles. The predicted molar refractivity (Wildman–Crippen MR) is 78.5 cm³/mol. The summed E-state index contributed by atoms with van der Waals surface area (Å²) in [6.45, 7) is 0. The Morgan fingerprint density at radius 2 is 2.15 bits per heavy atom. The molecule has 0 bridgehead atoms. The zero-order valence-corrected chi connectivity index (χ0v) is 11.3. The van der Waals surface area contributed by atoms with Crippen molar-refractivity contribution >= 4 is 23.2 Å². The zero-order chi connectivity index (χ0) is 14.1. The van der Waals surface area contributed by atoms with Crippen LogP contribution in [-0.2, 0) is 11.2 Å². The van der Waals surface area contributed by atoms with Gasteiger partial charge in [-0.2, -0.15) is 0 Å². The van der Waals surface area contributed by atoms with Crippen molar-refractivity contribution < 1.29 is 4.79 Å². The fourth-order valence-corrected chi connectivity index (χ4v) is 2.51. The molecule has 2 aromatic heterocycles. The lowest BCUT2D eigenvalue weighted by molar-refractivity contribution is -0.117. The van der Waals surface area contributed by atoms with Gasteiger partial charge in [-0.1, -0.05) is 29.8 Å². The maximum Gasteiger partial charge on any atom is 0.221 e. The molecule has 0 atom stereocenters. The lowest BCUT2D eigenvalue weighted by atomic mass is 10.0. The first-order chi connectivity index (χ1) is 9.65. The summed E-state index contributed by atoms with van der Waals surface area (Å²) in [5, 5.41) is 0.664. The topological polar surface area (TPSA) is 60.4 Å². The van der Waals surface area contributed by atoms with Gasteiger partial charge < -0.3 is 10.1 Å². The Hall–Kier alpha value is -2.33. The van der Waals surface area contributed by atoms with Crippen LogP contribution in [0.4, 0.5) is 0 Å². The number of carbonyl (C=O) groups is 1. The minimum atomic E-state index is -0.383. The largest absolute Gasteiger partial charge is 0.369 e. The van der Waals surface area contributed by atoms with E-state index >= 15 is 0 Å². The maximum atomic E-state index is 11.2. The van der Waals surface area contributed by atoms with Gasteiger partial charge in [0.1, 0.15) is 5.65 Å². The summed E-state index contributed by atoms with van der Waals surface area (Å²) in [7, 11) is 0. The summed E-state index contributed by atoms with van der Waals surface area (Å²) in [5.74, 6) is -0.383. The Balaban J connectivity index is 2.22. The number of amides is 1. The summed E-state index contributed by atoms with van der Waals surface area (Å²) in [4.78, 5) is 15.5. The third-order valence-corrected chi connectivity index (χ3v) is 3.44. The molecule has 0 radical (unpaired) electrons. The van der Waals surface area contributed by atoms with Crippen LogP contribution in [0, 0.1) is 0 Å². The smallest absolute Gasteiger partial charge is 0.221 e. The highest BCUT2D eigenvalue weighted by Gasteiger charge is 2.11. The first-order valence-corrected chi connectivity index (χ1v) is 6.52. The maximum absolute atomic E-state index is 11.2. The Morgan fingerprint density at radius 3 is 2.90 bits per heavy atom. The van der Waals surface area contributed by atoms with E-state index in [0.29, 0.717) is 5.02 Å². The van der Waals surface area contributed by atoms with Gasteiger partial charge in [-0.3, -0.25) is 4.79 Å². The molecule has 3 rings (SSSR count). The van der Waals surface area contributed by atoms with Gasteiger partial charge in [-0.25, -0.2) is 4.98 Å². The molecule has 4 nitrogen and oxygen atoms in total. The minimum absolute atomic E-state index is 0.152. The number of nitrogens with two attached hydrogens (primary N) is 1. The zero-order valence-electron chi connectivity index (χ0n) is 10.6. The molecule has 0 aliphatic carbocycles. The summed E-state index contributed by atoms with van der Waals surface area (Å²) < 4.78 is 1.87. The van der Waals surface area contributed by atoms with Crippen molar-refractivity contribution in [2.75, 3.05) is 0 Å². The Morgan fingerprint density at radius 1 is 1.35 bits per heavy atom. The third kappa shape index (κ3) is 2.26. The fraction of sp³-hybridized carbons (Fsp3) is 0.0667. The number of rotatable bonds is 3. The Bertz CT molecular complexity index is 795. The number of carbonyl (C=O) groups excluding carboxylic acids is 1. The number of halogens is 1. The molecule has 0 aliphatic rings. The van der Waals surface area contributed by atoms with Crippen LogP contribution in [0.15, 0.2) is 48.9 Å². The van der Waals surface area contributed by atoms with Gasteiger partial charge >= 0.3 is 0 Å². The molecule has 20 heavy (non-hydrogen) atoms. The summed E-state index contributed by atoms with van der Waals surface area (Å²) in [5.41, 5.74) is 8.67. The van der Waals surface area contributed by atoms with E-state index in [2.05, 4.69) is 4.98 Å². The number of benzene rings is 1. The second-order valence-electron chi connectivity index (χ2n) is 4.54. The van der Waals surface area contributed by atoms with Crippen molar-refractivity contribution in [3.63, 3.8) is 0 Å². The van der Waals surface area contributed by atoms with Crippen LogP contribution < -0.4 is 5.73 Å². The number of hydrogen-bond acceptors (Lipinski definition) is 2. The van der Waals surface area contributed by atoms with Crippen LogP contribution in [0.25, 0.3) is 16.8 Å². The lowest BCUT2D eigenvalue weighted by Crippen LogP contribution is -2.14. The molecule has 0 spiro atoms.